The molecule has 0 aromatic carbocycles. The summed E-state index contributed by atoms with van der Waals surface area (Å²) in [4.78, 5) is 18.3. The summed E-state index contributed by atoms with van der Waals surface area (Å²) in [6.45, 7) is 6.32. The summed E-state index contributed by atoms with van der Waals surface area (Å²) in [7, 11) is 1.80. The van der Waals surface area contributed by atoms with Crippen LogP contribution in [0.25, 0.3) is 0 Å². The Hall–Kier alpha value is -1.14. The van der Waals surface area contributed by atoms with Crippen LogP contribution in [-0.2, 0) is 0 Å². The summed E-state index contributed by atoms with van der Waals surface area (Å²) in [5.74, 6) is 6.23. The number of rotatable bonds is 5. The van der Waals surface area contributed by atoms with Crippen molar-refractivity contribution in [2.75, 3.05) is 12.5 Å². The van der Waals surface area contributed by atoms with E-state index in [1.807, 2.05) is 6.92 Å². The summed E-state index contributed by atoms with van der Waals surface area (Å²) in [6, 6.07) is 1.89. The fourth-order valence-electron chi connectivity index (χ4n) is 1.95. The summed E-state index contributed by atoms with van der Waals surface area (Å²) in [6.07, 6.45) is 2.55. The molecule has 1 aromatic heterocycles. The van der Waals surface area contributed by atoms with Crippen molar-refractivity contribution in [1.29, 1.82) is 0 Å². The maximum absolute atomic E-state index is 12.5. The predicted molar refractivity (Wildman–Crippen MR) is 80.8 cm³/mol. The molecular weight excluding hydrogens is 308 g/mol. The number of nitrogen functional groups attached to an aromatic ring is 1. The molecule has 0 aliphatic carbocycles. The molecule has 6 heteroatoms. The molecule has 1 amide bonds. The third-order valence-electron chi connectivity index (χ3n) is 3.02. The van der Waals surface area contributed by atoms with Crippen LogP contribution in [0.3, 0.4) is 0 Å². The van der Waals surface area contributed by atoms with E-state index >= 15 is 0 Å². The standard InChI is InChI=1S/C13H21BrN4O/c1-8(2)5-9(3)18(4)13(19)11-6-10(14)7-16-12(11)17-15/h6-9H,5,15H2,1-4H3,(H,16,17). The maximum Gasteiger partial charge on any atom is 0.257 e. The zero-order valence-corrected chi connectivity index (χ0v) is 13.4. The lowest BCUT2D eigenvalue weighted by atomic mass is 10.0. The largest absolute Gasteiger partial charge is 0.339 e. The third kappa shape index (κ3) is 4.18. The molecule has 5 nitrogen and oxygen atoms in total. The van der Waals surface area contributed by atoms with Gasteiger partial charge in [0.1, 0.15) is 0 Å². The van der Waals surface area contributed by atoms with Crippen molar-refractivity contribution in [1.82, 2.24) is 9.88 Å². The van der Waals surface area contributed by atoms with Crippen LogP contribution < -0.4 is 11.3 Å². The number of carbonyl (C=O) groups is 1. The Bertz CT molecular complexity index is 450. The number of anilines is 1. The van der Waals surface area contributed by atoms with Gasteiger partial charge in [-0.1, -0.05) is 13.8 Å². The van der Waals surface area contributed by atoms with Crippen LogP contribution in [0, 0.1) is 5.92 Å². The fourth-order valence-corrected chi connectivity index (χ4v) is 2.28. The van der Waals surface area contributed by atoms with E-state index < -0.39 is 0 Å². The minimum atomic E-state index is -0.0881. The number of aromatic nitrogens is 1. The van der Waals surface area contributed by atoms with Gasteiger partial charge in [-0.2, -0.15) is 0 Å². The van der Waals surface area contributed by atoms with Crippen molar-refractivity contribution in [2.45, 2.75) is 33.2 Å². The molecular formula is C13H21BrN4O. The van der Waals surface area contributed by atoms with Crippen LogP contribution in [0.5, 0.6) is 0 Å². The average Bonchev–Trinajstić information content (AvgIpc) is 2.36. The molecule has 0 spiro atoms. The molecule has 106 valence electrons. The molecule has 0 aliphatic heterocycles. The highest BCUT2D eigenvalue weighted by Crippen LogP contribution is 2.20. The maximum atomic E-state index is 12.5. The number of nitrogens with one attached hydrogen (secondary N) is 1. The van der Waals surface area contributed by atoms with E-state index in [1.54, 1.807) is 24.2 Å². The highest BCUT2D eigenvalue weighted by atomic mass is 79.9. The van der Waals surface area contributed by atoms with Gasteiger partial charge in [-0.25, -0.2) is 10.8 Å². The highest BCUT2D eigenvalue weighted by molar-refractivity contribution is 9.10. The summed E-state index contributed by atoms with van der Waals surface area (Å²) >= 11 is 3.32. The second-order valence-electron chi connectivity index (χ2n) is 5.09. The van der Waals surface area contributed by atoms with E-state index in [-0.39, 0.29) is 11.9 Å². The number of halogens is 1. The Morgan fingerprint density at radius 3 is 2.68 bits per heavy atom. The lowest BCUT2D eigenvalue weighted by Crippen LogP contribution is -2.36. The lowest BCUT2D eigenvalue weighted by Gasteiger charge is -2.27. The average molecular weight is 329 g/mol. The molecule has 1 aromatic rings. The number of hydrogen-bond acceptors (Lipinski definition) is 4. The topological polar surface area (TPSA) is 71.2 Å². The Balaban J connectivity index is 2.96. The summed E-state index contributed by atoms with van der Waals surface area (Å²) < 4.78 is 0.750. The van der Waals surface area contributed by atoms with Crippen LogP contribution in [0.1, 0.15) is 37.6 Å². The minimum absolute atomic E-state index is 0.0881. The van der Waals surface area contributed by atoms with Crippen LogP contribution in [0.2, 0.25) is 0 Å². The first-order valence-electron chi connectivity index (χ1n) is 6.26. The van der Waals surface area contributed by atoms with Gasteiger partial charge in [0.2, 0.25) is 0 Å². The summed E-state index contributed by atoms with van der Waals surface area (Å²) in [5, 5.41) is 0. The second-order valence-corrected chi connectivity index (χ2v) is 6.00. The first kappa shape index (κ1) is 15.9. The Labute approximate surface area is 122 Å². The smallest absolute Gasteiger partial charge is 0.257 e. The zero-order valence-electron chi connectivity index (χ0n) is 11.8. The molecule has 1 heterocycles. The van der Waals surface area contributed by atoms with Crippen molar-refractivity contribution in [3.05, 3.63) is 22.3 Å². The number of nitrogens with two attached hydrogens (primary N) is 1. The van der Waals surface area contributed by atoms with Crippen molar-refractivity contribution in [3.8, 4) is 0 Å². The van der Waals surface area contributed by atoms with E-state index in [2.05, 4.69) is 40.2 Å². The Morgan fingerprint density at radius 1 is 1.53 bits per heavy atom. The second kappa shape index (κ2) is 6.86. The van der Waals surface area contributed by atoms with Gasteiger partial charge in [0, 0.05) is 23.8 Å². The number of hydrazine groups is 1. The number of hydrogen-bond donors (Lipinski definition) is 2. The van der Waals surface area contributed by atoms with Gasteiger partial charge in [-0.15, -0.1) is 0 Å². The van der Waals surface area contributed by atoms with Crippen LogP contribution >= 0.6 is 15.9 Å². The monoisotopic (exact) mass is 328 g/mol. The van der Waals surface area contributed by atoms with Crippen LogP contribution in [-0.4, -0.2) is 28.9 Å². The molecule has 0 fully saturated rings. The lowest BCUT2D eigenvalue weighted by molar-refractivity contribution is 0.0728. The molecule has 1 rings (SSSR count). The minimum Gasteiger partial charge on any atom is -0.339 e. The van der Waals surface area contributed by atoms with Crippen LogP contribution in [0.4, 0.5) is 5.82 Å². The van der Waals surface area contributed by atoms with Crippen LogP contribution in [0.15, 0.2) is 16.7 Å². The number of carbonyl (C=O) groups excluding carboxylic acids is 1. The Kier molecular flexibility index (Phi) is 5.75. The fraction of sp³-hybridized carbons (Fsp3) is 0.538. The van der Waals surface area contributed by atoms with E-state index in [0.717, 1.165) is 10.9 Å². The van der Waals surface area contributed by atoms with Gasteiger partial charge >= 0.3 is 0 Å². The molecule has 0 bridgehead atoms. The third-order valence-corrected chi connectivity index (χ3v) is 3.45. The van der Waals surface area contributed by atoms with Gasteiger partial charge in [0.05, 0.1) is 5.56 Å². The zero-order chi connectivity index (χ0) is 14.6. The normalized spacial score (nSPS) is 12.4. The molecule has 0 radical (unpaired) electrons. The Morgan fingerprint density at radius 2 is 2.16 bits per heavy atom. The molecule has 1 atom stereocenters. The SMILES string of the molecule is CC(C)CC(C)N(C)C(=O)c1cc(Br)cnc1NN. The first-order valence-corrected chi connectivity index (χ1v) is 7.05. The molecule has 1 unspecified atom stereocenters. The van der Waals surface area contributed by atoms with Gasteiger partial charge < -0.3 is 10.3 Å². The van der Waals surface area contributed by atoms with Crippen molar-refractivity contribution >= 4 is 27.7 Å². The molecule has 0 aliphatic rings. The van der Waals surface area contributed by atoms with E-state index in [1.165, 1.54) is 0 Å². The predicted octanol–water partition coefficient (Wildman–Crippen LogP) is 2.64. The quantitative estimate of drug-likeness (QED) is 0.643. The van der Waals surface area contributed by atoms with E-state index in [4.69, 9.17) is 5.84 Å². The van der Waals surface area contributed by atoms with Gasteiger partial charge in [-0.3, -0.25) is 4.79 Å². The van der Waals surface area contributed by atoms with Crippen molar-refractivity contribution < 1.29 is 4.79 Å². The first-order chi connectivity index (χ1) is 8.86. The van der Waals surface area contributed by atoms with Crippen molar-refractivity contribution in [3.63, 3.8) is 0 Å². The number of nitrogens with zero attached hydrogens (tertiary/aromatic N) is 2. The number of pyridine rings is 1. The van der Waals surface area contributed by atoms with E-state index in [9.17, 15) is 4.79 Å². The molecule has 0 saturated carbocycles. The van der Waals surface area contributed by atoms with E-state index in [0.29, 0.717) is 17.3 Å². The molecule has 0 saturated heterocycles. The molecule has 19 heavy (non-hydrogen) atoms. The van der Waals surface area contributed by atoms with Gasteiger partial charge in [-0.05, 0) is 41.3 Å². The number of amides is 1. The van der Waals surface area contributed by atoms with Gasteiger partial charge in [0.15, 0.2) is 5.82 Å². The van der Waals surface area contributed by atoms with Crippen molar-refractivity contribution in [2.24, 2.45) is 11.8 Å². The van der Waals surface area contributed by atoms with Gasteiger partial charge in [0.25, 0.3) is 5.91 Å². The molecule has 3 N–H and O–H groups in total. The highest BCUT2D eigenvalue weighted by Gasteiger charge is 2.21. The summed E-state index contributed by atoms with van der Waals surface area (Å²) in [5.41, 5.74) is 2.93.